The largest absolute Gasteiger partial charge is 0.493 e. The second kappa shape index (κ2) is 7.76. The third kappa shape index (κ3) is 3.58. The van der Waals surface area contributed by atoms with Crippen molar-refractivity contribution in [3.63, 3.8) is 0 Å². The van der Waals surface area contributed by atoms with Gasteiger partial charge in [-0.05, 0) is 42.3 Å². The van der Waals surface area contributed by atoms with Crippen LogP contribution in [0.2, 0.25) is 0 Å². The van der Waals surface area contributed by atoms with Crippen LogP contribution in [0.1, 0.15) is 12.0 Å². The van der Waals surface area contributed by atoms with Gasteiger partial charge in [0.2, 0.25) is 0 Å². The number of aromatic amines is 1. The number of ether oxygens (including phenoxy) is 2. The van der Waals surface area contributed by atoms with Gasteiger partial charge < -0.3 is 19.4 Å². The Labute approximate surface area is 162 Å². The molecule has 6 heteroatoms. The molecule has 144 valence electrons. The first-order valence-corrected chi connectivity index (χ1v) is 9.15. The number of carbonyl (C=O) groups excluding carboxylic acids is 1. The summed E-state index contributed by atoms with van der Waals surface area (Å²) in [5.74, 6) is 0.816. The van der Waals surface area contributed by atoms with Gasteiger partial charge in [0, 0.05) is 35.8 Å². The maximum atomic E-state index is 13.6. The van der Waals surface area contributed by atoms with Crippen molar-refractivity contribution in [3.05, 3.63) is 66.1 Å². The van der Waals surface area contributed by atoms with Crippen molar-refractivity contribution in [1.29, 1.82) is 0 Å². The number of H-pyrrole nitrogens is 1. The van der Waals surface area contributed by atoms with Gasteiger partial charge in [-0.1, -0.05) is 18.2 Å². The average Bonchev–Trinajstić information content (AvgIpc) is 3.15. The third-order valence-corrected chi connectivity index (χ3v) is 4.97. The minimum absolute atomic E-state index is 0.0398. The number of fused-ring (bicyclic) bond motifs is 1. The van der Waals surface area contributed by atoms with Crippen LogP contribution in [0.15, 0.2) is 54.7 Å². The van der Waals surface area contributed by atoms with Crippen molar-refractivity contribution in [3.8, 4) is 11.5 Å². The van der Waals surface area contributed by atoms with E-state index in [2.05, 4.69) is 4.98 Å². The summed E-state index contributed by atoms with van der Waals surface area (Å²) in [6.45, 7) is 1.06. The number of rotatable bonds is 5. The predicted molar refractivity (Wildman–Crippen MR) is 106 cm³/mol. The molecule has 1 aliphatic heterocycles. The van der Waals surface area contributed by atoms with Gasteiger partial charge in [-0.2, -0.15) is 0 Å². The number of halogens is 1. The minimum Gasteiger partial charge on any atom is -0.493 e. The van der Waals surface area contributed by atoms with E-state index in [4.69, 9.17) is 9.47 Å². The number of hydrogen-bond acceptors (Lipinski definition) is 3. The van der Waals surface area contributed by atoms with E-state index in [9.17, 15) is 9.18 Å². The van der Waals surface area contributed by atoms with Crippen LogP contribution in [0, 0.1) is 5.82 Å². The molecule has 2 heterocycles. The zero-order chi connectivity index (χ0) is 19.5. The average molecular weight is 380 g/mol. The van der Waals surface area contributed by atoms with E-state index in [-0.39, 0.29) is 18.3 Å². The Bertz CT molecular complexity index is 1040. The molecule has 4 rings (SSSR count). The summed E-state index contributed by atoms with van der Waals surface area (Å²) in [7, 11) is 1.57. The topological polar surface area (TPSA) is 54.6 Å². The number of amides is 1. The molecule has 3 aromatic rings. The highest BCUT2D eigenvalue weighted by Crippen LogP contribution is 2.30. The molecule has 0 aliphatic carbocycles. The molecule has 1 aliphatic rings. The van der Waals surface area contributed by atoms with E-state index >= 15 is 0 Å². The number of aromatic nitrogens is 1. The van der Waals surface area contributed by atoms with Crippen molar-refractivity contribution in [2.45, 2.75) is 6.42 Å². The highest BCUT2D eigenvalue weighted by molar-refractivity contribution is 5.93. The first-order valence-electron chi connectivity index (χ1n) is 9.15. The fourth-order valence-electron chi connectivity index (χ4n) is 3.47. The van der Waals surface area contributed by atoms with Gasteiger partial charge in [-0.3, -0.25) is 4.79 Å². The third-order valence-electron chi connectivity index (χ3n) is 4.97. The summed E-state index contributed by atoms with van der Waals surface area (Å²) in [5, 5.41) is 0.866. The molecule has 1 amide bonds. The van der Waals surface area contributed by atoms with Crippen LogP contribution in [-0.4, -0.2) is 42.6 Å². The standard InChI is InChI=1S/C22H21FN2O3/c1-27-20-4-2-3-5-21(20)28-14-22(26)25-10-8-15(9-11-25)18-13-24-19-7-6-16(23)12-17(18)19/h2-8,12-13,24H,9-11,14H2,1H3. The summed E-state index contributed by atoms with van der Waals surface area (Å²) in [6.07, 6.45) is 4.64. The van der Waals surface area contributed by atoms with Gasteiger partial charge in [0.15, 0.2) is 18.1 Å². The van der Waals surface area contributed by atoms with Crippen LogP contribution in [0.5, 0.6) is 11.5 Å². The lowest BCUT2D eigenvalue weighted by molar-refractivity contribution is -0.132. The first kappa shape index (κ1) is 18.1. The first-order chi connectivity index (χ1) is 13.7. The Morgan fingerprint density at radius 2 is 2.04 bits per heavy atom. The van der Waals surface area contributed by atoms with Gasteiger partial charge >= 0.3 is 0 Å². The summed E-state index contributed by atoms with van der Waals surface area (Å²) in [4.78, 5) is 17.4. The van der Waals surface area contributed by atoms with Crippen LogP contribution in [0.4, 0.5) is 4.39 Å². The van der Waals surface area contributed by atoms with Gasteiger partial charge in [0.25, 0.3) is 5.91 Å². The maximum Gasteiger partial charge on any atom is 0.260 e. The Hall–Kier alpha value is -3.28. The second-order valence-corrected chi connectivity index (χ2v) is 6.65. The van der Waals surface area contributed by atoms with E-state index in [1.54, 1.807) is 36.3 Å². The smallest absolute Gasteiger partial charge is 0.260 e. The fourth-order valence-corrected chi connectivity index (χ4v) is 3.47. The number of methoxy groups -OCH3 is 1. The monoisotopic (exact) mass is 380 g/mol. The number of nitrogens with zero attached hydrogens (tertiary/aromatic N) is 1. The predicted octanol–water partition coefficient (Wildman–Crippen LogP) is 4.01. The van der Waals surface area contributed by atoms with E-state index < -0.39 is 0 Å². The van der Waals surface area contributed by atoms with Gasteiger partial charge in [0.1, 0.15) is 5.82 Å². The molecule has 0 atom stereocenters. The van der Waals surface area contributed by atoms with E-state index in [1.807, 2.05) is 24.4 Å². The number of carbonyl (C=O) groups is 1. The zero-order valence-electron chi connectivity index (χ0n) is 15.6. The number of nitrogens with one attached hydrogen (secondary N) is 1. The molecule has 5 nitrogen and oxygen atoms in total. The minimum atomic E-state index is -0.255. The summed E-state index contributed by atoms with van der Waals surface area (Å²) in [5.41, 5.74) is 3.01. The van der Waals surface area contributed by atoms with Crippen LogP contribution in [0.3, 0.4) is 0 Å². The molecule has 1 aromatic heterocycles. The fraction of sp³-hybridized carbons (Fsp3) is 0.227. The molecule has 0 radical (unpaired) electrons. The van der Waals surface area contributed by atoms with E-state index in [0.717, 1.165) is 22.0 Å². The highest BCUT2D eigenvalue weighted by Gasteiger charge is 2.20. The van der Waals surface area contributed by atoms with Crippen molar-refractivity contribution in [2.24, 2.45) is 0 Å². The molecule has 0 bridgehead atoms. The lowest BCUT2D eigenvalue weighted by atomic mass is 9.99. The highest BCUT2D eigenvalue weighted by atomic mass is 19.1. The van der Waals surface area contributed by atoms with Gasteiger partial charge in [0.05, 0.1) is 7.11 Å². The van der Waals surface area contributed by atoms with Crippen LogP contribution >= 0.6 is 0 Å². The van der Waals surface area contributed by atoms with Crippen LogP contribution in [-0.2, 0) is 4.79 Å². The Kier molecular flexibility index (Phi) is 5.02. The van der Waals surface area contributed by atoms with E-state index in [1.165, 1.54) is 6.07 Å². The lowest BCUT2D eigenvalue weighted by Gasteiger charge is -2.26. The van der Waals surface area contributed by atoms with Crippen molar-refractivity contribution in [1.82, 2.24) is 9.88 Å². The molecule has 0 spiro atoms. The molecule has 1 N–H and O–H groups in total. The number of hydrogen-bond donors (Lipinski definition) is 1. The Morgan fingerprint density at radius 3 is 2.79 bits per heavy atom. The molecule has 0 unspecified atom stereocenters. The number of benzene rings is 2. The summed E-state index contributed by atoms with van der Waals surface area (Å²) < 4.78 is 24.5. The zero-order valence-corrected chi connectivity index (χ0v) is 15.6. The maximum absolute atomic E-state index is 13.6. The quantitative estimate of drug-likeness (QED) is 0.728. The van der Waals surface area contributed by atoms with Gasteiger partial charge in [-0.15, -0.1) is 0 Å². The molecule has 0 saturated carbocycles. The Morgan fingerprint density at radius 1 is 1.21 bits per heavy atom. The van der Waals surface area contributed by atoms with Crippen LogP contribution in [0.25, 0.3) is 16.5 Å². The van der Waals surface area contributed by atoms with Gasteiger partial charge in [-0.25, -0.2) is 4.39 Å². The molecule has 2 aromatic carbocycles. The van der Waals surface area contributed by atoms with Crippen molar-refractivity contribution >= 4 is 22.4 Å². The summed E-state index contributed by atoms with van der Waals surface area (Å²) in [6, 6.07) is 12.0. The molecular weight excluding hydrogens is 359 g/mol. The second-order valence-electron chi connectivity index (χ2n) is 6.65. The molecular formula is C22H21FN2O3. The lowest BCUT2D eigenvalue weighted by Crippen LogP contribution is -2.37. The summed E-state index contributed by atoms with van der Waals surface area (Å²) >= 11 is 0. The van der Waals surface area contributed by atoms with Crippen molar-refractivity contribution in [2.75, 3.05) is 26.8 Å². The normalized spacial score (nSPS) is 14.1. The molecule has 0 fully saturated rings. The Balaban J connectivity index is 1.42. The molecule has 28 heavy (non-hydrogen) atoms. The molecule has 0 saturated heterocycles. The van der Waals surface area contributed by atoms with Crippen molar-refractivity contribution < 1.29 is 18.7 Å². The number of para-hydroxylation sites is 2. The SMILES string of the molecule is COc1ccccc1OCC(=O)N1CC=C(c2c[nH]c3ccc(F)cc23)CC1. The van der Waals surface area contributed by atoms with Crippen LogP contribution < -0.4 is 9.47 Å². The van der Waals surface area contributed by atoms with E-state index in [0.29, 0.717) is 31.0 Å².